The normalized spacial score (nSPS) is 25.2. The van der Waals surface area contributed by atoms with Crippen LogP contribution in [0.1, 0.15) is 49.0 Å². The van der Waals surface area contributed by atoms with Crippen LogP contribution in [0.25, 0.3) is 10.9 Å². The summed E-state index contributed by atoms with van der Waals surface area (Å²) in [7, 11) is 0. The Hall–Kier alpha value is -3.19. The standard InChI is InChI=1S/C25H26ClF2N5O3/c26-17-5-1-3-14-8-18(32-20(14)17)23(36)33-13-24(11-25(27,28)12-24)9-19(33)22(35)31-16(10-29)7-15-4-2-6-30-21(15)34/h1,3,5,8,15-16,19,32H,2,4,6-7,9,11-13H2,(H,30,34)(H,31,35)/t15-,16-,19?/m0/s1. The molecule has 1 aromatic heterocycles. The van der Waals surface area contributed by atoms with E-state index in [1.165, 1.54) is 4.90 Å². The number of alkyl halides is 2. The SMILES string of the molecule is N#C[C@H](C[C@@H]1CCCNC1=O)NC(=O)C1CC2(CN1C(=O)c1cc3cccc(Cl)c3[nH]1)CC(F)(F)C2. The third kappa shape index (κ3) is 4.52. The molecule has 0 radical (unpaired) electrons. The van der Waals surface area contributed by atoms with Gasteiger partial charge in [-0.2, -0.15) is 5.26 Å². The van der Waals surface area contributed by atoms with E-state index in [1.807, 2.05) is 6.07 Å². The first kappa shape index (κ1) is 24.5. The first-order valence-electron chi connectivity index (χ1n) is 12.0. The molecule has 1 saturated carbocycles. The molecule has 2 saturated heterocycles. The van der Waals surface area contributed by atoms with Gasteiger partial charge in [0.1, 0.15) is 17.8 Å². The molecular formula is C25H26ClF2N5O3. The number of H-pyrrole nitrogens is 1. The van der Waals surface area contributed by atoms with E-state index >= 15 is 0 Å². The molecule has 3 fully saturated rings. The van der Waals surface area contributed by atoms with Crippen LogP contribution in [0.3, 0.4) is 0 Å². The smallest absolute Gasteiger partial charge is 0.271 e. The molecule has 2 aromatic rings. The summed E-state index contributed by atoms with van der Waals surface area (Å²) in [6.07, 6.45) is 0.863. The van der Waals surface area contributed by atoms with Gasteiger partial charge in [0.05, 0.1) is 16.6 Å². The number of hydrogen-bond donors (Lipinski definition) is 3. The third-order valence-corrected chi connectivity index (χ3v) is 7.88. The number of nitrogens with one attached hydrogen (secondary N) is 3. The van der Waals surface area contributed by atoms with Crippen LogP contribution in [0.15, 0.2) is 24.3 Å². The van der Waals surface area contributed by atoms with Crippen LogP contribution in [0.4, 0.5) is 8.78 Å². The lowest BCUT2D eigenvalue weighted by Crippen LogP contribution is -2.50. The summed E-state index contributed by atoms with van der Waals surface area (Å²) < 4.78 is 27.7. The maximum absolute atomic E-state index is 13.9. The van der Waals surface area contributed by atoms with Crippen molar-refractivity contribution in [3.63, 3.8) is 0 Å². The summed E-state index contributed by atoms with van der Waals surface area (Å²) in [5, 5.41) is 16.2. The molecule has 1 aliphatic carbocycles. The maximum atomic E-state index is 13.9. The second kappa shape index (κ2) is 9.04. The topological polar surface area (TPSA) is 118 Å². The quantitative estimate of drug-likeness (QED) is 0.563. The predicted octanol–water partition coefficient (Wildman–Crippen LogP) is 3.38. The number of nitriles is 1. The molecule has 0 bridgehead atoms. The molecule has 3 amide bonds. The Morgan fingerprint density at radius 2 is 2.11 bits per heavy atom. The highest BCUT2D eigenvalue weighted by Crippen LogP contribution is 2.58. The number of carbonyl (C=O) groups excluding carboxylic acids is 3. The van der Waals surface area contributed by atoms with Gasteiger partial charge in [-0.1, -0.05) is 23.7 Å². The van der Waals surface area contributed by atoms with Gasteiger partial charge in [-0.05, 0) is 37.8 Å². The number of rotatable bonds is 5. The number of carbonyl (C=O) groups is 3. The van der Waals surface area contributed by atoms with Crippen LogP contribution in [0, 0.1) is 22.7 Å². The van der Waals surface area contributed by atoms with Crippen molar-refractivity contribution in [1.82, 2.24) is 20.5 Å². The van der Waals surface area contributed by atoms with Crippen molar-refractivity contribution in [1.29, 1.82) is 5.26 Å². The number of aromatic amines is 1. The lowest BCUT2D eigenvalue weighted by molar-refractivity contribution is -0.155. The minimum Gasteiger partial charge on any atom is -0.356 e. The maximum Gasteiger partial charge on any atom is 0.271 e. The fraction of sp³-hybridized carbons (Fsp3) is 0.520. The highest BCUT2D eigenvalue weighted by molar-refractivity contribution is 6.35. The molecule has 11 heteroatoms. The van der Waals surface area contributed by atoms with Gasteiger partial charge in [0.2, 0.25) is 17.7 Å². The van der Waals surface area contributed by atoms with Crippen LogP contribution < -0.4 is 10.6 Å². The highest BCUT2D eigenvalue weighted by atomic mass is 35.5. The van der Waals surface area contributed by atoms with Crippen molar-refractivity contribution < 1.29 is 23.2 Å². The van der Waals surface area contributed by atoms with Crippen LogP contribution in [-0.4, -0.2) is 58.7 Å². The van der Waals surface area contributed by atoms with Gasteiger partial charge in [-0.25, -0.2) is 8.78 Å². The Morgan fingerprint density at radius 1 is 1.33 bits per heavy atom. The zero-order valence-corrected chi connectivity index (χ0v) is 20.2. The Bertz CT molecular complexity index is 1260. The van der Waals surface area contributed by atoms with Gasteiger partial charge in [0.25, 0.3) is 5.91 Å². The highest BCUT2D eigenvalue weighted by Gasteiger charge is 2.62. The minimum atomic E-state index is -2.82. The Balaban J connectivity index is 1.36. The summed E-state index contributed by atoms with van der Waals surface area (Å²) in [4.78, 5) is 43.3. The molecule has 1 spiro atoms. The fourth-order valence-corrected chi connectivity index (χ4v) is 6.18. The third-order valence-electron chi connectivity index (χ3n) is 7.57. The average Bonchev–Trinajstić information content (AvgIpc) is 3.42. The van der Waals surface area contributed by atoms with Gasteiger partial charge < -0.3 is 20.5 Å². The molecule has 2 aliphatic heterocycles. The first-order chi connectivity index (χ1) is 17.1. The zero-order chi connectivity index (χ0) is 25.7. The molecule has 3 atom stereocenters. The molecule has 1 aromatic carbocycles. The largest absolute Gasteiger partial charge is 0.356 e. The van der Waals surface area contributed by atoms with Crippen LogP contribution in [0.2, 0.25) is 5.02 Å². The zero-order valence-electron chi connectivity index (χ0n) is 19.5. The minimum absolute atomic E-state index is 0.0187. The number of hydrogen-bond acceptors (Lipinski definition) is 4. The van der Waals surface area contributed by atoms with Crippen molar-refractivity contribution in [2.24, 2.45) is 11.3 Å². The molecule has 3 heterocycles. The van der Waals surface area contributed by atoms with E-state index in [0.717, 1.165) is 6.42 Å². The number of nitrogens with zero attached hydrogens (tertiary/aromatic N) is 2. The molecule has 5 rings (SSSR count). The van der Waals surface area contributed by atoms with E-state index < -0.39 is 54.0 Å². The molecule has 1 unspecified atom stereocenters. The van der Waals surface area contributed by atoms with E-state index in [1.54, 1.807) is 24.3 Å². The van der Waals surface area contributed by atoms with Crippen molar-refractivity contribution >= 4 is 40.2 Å². The second-order valence-electron chi connectivity index (χ2n) is 10.3. The second-order valence-corrected chi connectivity index (χ2v) is 10.7. The molecule has 3 N–H and O–H groups in total. The van der Waals surface area contributed by atoms with Crippen molar-refractivity contribution in [3.05, 3.63) is 35.0 Å². The summed E-state index contributed by atoms with van der Waals surface area (Å²) in [5.41, 5.74) is -0.0754. The van der Waals surface area contributed by atoms with Crippen molar-refractivity contribution in [2.45, 2.75) is 56.5 Å². The first-order valence-corrected chi connectivity index (χ1v) is 12.4. The summed E-state index contributed by atoms with van der Waals surface area (Å²) in [5.74, 6) is -4.43. The van der Waals surface area contributed by atoms with E-state index in [2.05, 4.69) is 15.6 Å². The Morgan fingerprint density at radius 3 is 2.78 bits per heavy atom. The van der Waals surface area contributed by atoms with Crippen LogP contribution >= 0.6 is 11.6 Å². The summed E-state index contributed by atoms with van der Waals surface area (Å²) in [6, 6.07) is 6.93. The number of piperidine rings is 1. The predicted molar refractivity (Wildman–Crippen MR) is 127 cm³/mol. The van der Waals surface area contributed by atoms with E-state index in [4.69, 9.17) is 11.6 Å². The Kier molecular flexibility index (Phi) is 6.15. The lowest BCUT2D eigenvalue weighted by Gasteiger charge is -2.44. The fourth-order valence-electron chi connectivity index (χ4n) is 5.95. The van der Waals surface area contributed by atoms with Gasteiger partial charge in [-0.15, -0.1) is 0 Å². The molecule has 3 aliphatic rings. The van der Waals surface area contributed by atoms with E-state index in [9.17, 15) is 28.4 Å². The number of likely N-dealkylation sites (tertiary alicyclic amines) is 1. The Labute approximate surface area is 211 Å². The molecular weight excluding hydrogens is 492 g/mol. The average molecular weight is 518 g/mol. The lowest BCUT2D eigenvalue weighted by atomic mass is 9.65. The summed E-state index contributed by atoms with van der Waals surface area (Å²) >= 11 is 6.22. The van der Waals surface area contributed by atoms with Crippen molar-refractivity contribution in [3.8, 4) is 6.07 Å². The molecule has 190 valence electrons. The van der Waals surface area contributed by atoms with Gasteiger partial charge in [0, 0.05) is 42.7 Å². The van der Waals surface area contributed by atoms with Crippen LogP contribution in [-0.2, 0) is 9.59 Å². The van der Waals surface area contributed by atoms with Gasteiger partial charge in [-0.3, -0.25) is 14.4 Å². The van der Waals surface area contributed by atoms with Gasteiger partial charge >= 0.3 is 0 Å². The number of halogens is 3. The number of para-hydroxylation sites is 1. The summed E-state index contributed by atoms with van der Waals surface area (Å²) in [6.45, 7) is 0.606. The van der Waals surface area contributed by atoms with Crippen LogP contribution in [0.5, 0.6) is 0 Å². The monoisotopic (exact) mass is 517 g/mol. The molecule has 8 nitrogen and oxygen atoms in total. The van der Waals surface area contributed by atoms with E-state index in [0.29, 0.717) is 28.9 Å². The van der Waals surface area contributed by atoms with Crippen molar-refractivity contribution in [2.75, 3.05) is 13.1 Å². The number of benzene rings is 1. The number of fused-ring (bicyclic) bond motifs is 1. The van der Waals surface area contributed by atoms with E-state index in [-0.39, 0.29) is 31.0 Å². The number of aromatic nitrogens is 1. The molecule has 36 heavy (non-hydrogen) atoms. The van der Waals surface area contributed by atoms with Gasteiger partial charge in [0.15, 0.2) is 0 Å². The number of amides is 3.